The third kappa shape index (κ3) is 5.04. The van der Waals surface area contributed by atoms with Crippen molar-refractivity contribution in [1.29, 1.82) is 0 Å². The number of ether oxygens (including phenoxy) is 1. The Balaban J connectivity index is 2.36. The average Bonchev–Trinajstić information content (AvgIpc) is 2.83. The molecule has 0 spiro atoms. The second-order valence-electron chi connectivity index (χ2n) is 3.81. The molecular weight excluding hydrogens is 332 g/mol. The highest BCUT2D eigenvalue weighted by atomic mass is 79.9. The number of rotatable bonds is 6. The van der Waals surface area contributed by atoms with Crippen LogP contribution >= 0.6 is 15.9 Å². The molecule has 7 nitrogen and oxygen atoms in total. The molecule has 1 aromatic rings. The van der Waals surface area contributed by atoms with Gasteiger partial charge in [0.25, 0.3) is 11.8 Å². The predicted octanol–water partition coefficient (Wildman–Crippen LogP) is 0.840. The van der Waals surface area contributed by atoms with Crippen LogP contribution in [0.4, 0.5) is 0 Å². The predicted molar refractivity (Wildman–Crippen MR) is 73.0 cm³/mol. The molecule has 0 fully saturated rings. The number of hydrogen-bond acceptors (Lipinski definition) is 5. The Hall–Kier alpha value is -1.83. The van der Waals surface area contributed by atoms with E-state index in [9.17, 15) is 14.4 Å². The summed E-state index contributed by atoms with van der Waals surface area (Å²) in [5.41, 5.74) is 0. The normalized spacial score (nSPS) is 11.6. The van der Waals surface area contributed by atoms with Gasteiger partial charge in [-0.15, -0.1) is 0 Å². The van der Waals surface area contributed by atoms with Gasteiger partial charge in [0.1, 0.15) is 6.54 Å². The fourth-order valence-electron chi connectivity index (χ4n) is 1.29. The van der Waals surface area contributed by atoms with Gasteiger partial charge in [-0.3, -0.25) is 14.4 Å². The Bertz CT molecular complexity index is 500. The minimum absolute atomic E-state index is 0.0708. The molecule has 0 aliphatic heterocycles. The molecule has 0 bridgehead atoms. The first-order chi connectivity index (χ1) is 9.43. The summed E-state index contributed by atoms with van der Waals surface area (Å²) >= 11 is 3.06. The fraction of sp³-hybridized carbons (Fsp3) is 0.417. The zero-order valence-corrected chi connectivity index (χ0v) is 12.7. The number of carbonyl (C=O) groups is 3. The van der Waals surface area contributed by atoms with Gasteiger partial charge in [0.05, 0.1) is 0 Å². The van der Waals surface area contributed by atoms with Crippen molar-refractivity contribution in [2.75, 3.05) is 13.1 Å². The highest BCUT2D eigenvalue weighted by Crippen LogP contribution is 2.13. The topological polar surface area (TPSA) is 97.6 Å². The molecule has 8 heteroatoms. The van der Waals surface area contributed by atoms with Gasteiger partial charge >= 0.3 is 5.97 Å². The van der Waals surface area contributed by atoms with Crippen LogP contribution in [0.5, 0.6) is 0 Å². The number of hydrogen-bond donors (Lipinski definition) is 2. The average molecular weight is 347 g/mol. The van der Waals surface area contributed by atoms with Crippen molar-refractivity contribution < 1.29 is 23.5 Å². The summed E-state index contributed by atoms with van der Waals surface area (Å²) in [5.74, 6) is -1.57. The molecule has 110 valence electrons. The number of halogens is 1. The van der Waals surface area contributed by atoms with E-state index in [1.165, 1.54) is 13.0 Å². The van der Waals surface area contributed by atoms with Crippen LogP contribution < -0.4 is 10.6 Å². The summed E-state index contributed by atoms with van der Waals surface area (Å²) in [7, 11) is 0. The highest BCUT2D eigenvalue weighted by molar-refractivity contribution is 9.10. The molecule has 0 saturated heterocycles. The number of furan rings is 1. The number of amides is 2. The molecule has 0 aliphatic rings. The standard InChI is InChI=1S/C12H15BrN2O5/c1-3-14-11(17)7(2)19-10(16)6-15-12(18)8-4-5-9(13)20-8/h4-5,7H,3,6H2,1-2H3,(H,14,17)(H,15,18)/t7-/m0/s1. The first-order valence-electron chi connectivity index (χ1n) is 5.94. The van der Waals surface area contributed by atoms with Crippen LogP contribution in [0, 0.1) is 0 Å². The molecule has 0 saturated carbocycles. The van der Waals surface area contributed by atoms with E-state index in [0.717, 1.165) is 0 Å². The van der Waals surface area contributed by atoms with Crippen LogP contribution in [0.2, 0.25) is 0 Å². The summed E-state index contributed by atoms with van der Waals surface area (Å²) < 4.78 is 10.3. The van der Waals surface area contributed by atoms with Crippen LogP contribution in [-0.4, -0.2) is 37.0 Å². The van der Waals surface area contributed by atoms with Crippen LogP contribution in [0.1, 0.15) is 24.4 Å². The van der Waals surface area contributed by atoms with Crippen LogP contribution in [-0.2, 0) is 14.3 Å². The largest absolute Gasteiger partial charge is 0.451 e. The maximum absolute atomic E-state index is 11.6. The van der Waals surface area contributed by atoms with Gasteiger partial charge in [0, 0.05) is 6.54 Å². The molecule has 0 aromatic carbocycles. The van der Waals surface area contributed by atoms with Gasteiger partial charge in [0.15, 0.2) is 16.5 Å². The van der Waals surface area contributed by atoms with E-state index >= 15 is 0 Å². The number of likely N-dealkylation sites (N-methyl/N-ethyl adjacent to an activating group) is 1. The van der Waals surface area contributed by atoms with E-state index in [2.05, 4.69) is 26.6 Å². The summed E-state index contributed by atoms with van der Waals surface area (Å²) in [5, 5.41) is 4.85. The summed E-state index contributed by atoms with van der Waals surface area (Å²) in [4.78, 5) is 34.4. The summed E-state index contributed by atoms with van der Waals surface area (Å²) in [6.45, 7) is 3.31. The Morgan fingerprint density at radius 1 is 1.35 bits per heavy atom. The zero-order chi connectivity index (χ0) is 15.1. The van der Waals surface area contributed by atoms with Gasteiger partial charge in [-0.25, -0.2) is 0 Å². The third-order valence-electron chi connectivity index (χ3n) is 2.22. The number of nitrogens with one attached hydrogen (secondary N) is 2. The molecule has 0 unspecified atom stereocenters. The number of carbonyl (C=O) groups excluding carboxylic acids is 3. The molecule has 2 amide bonds. The van der Waals surface area contributed by atoms with Crippen LogP contribution in [0.15, 0.2) is 21.2 Å². The lowest BCUT2D eigenvalue weighted by molar-refractivity contribution is -0.153. The van der Waals surface area contributed by atoms with E-state index in [1.807, 2.05) is 0 Å². The van der Waals surface area contributed by atoms with Gasteiger partial charge < -0.3 is 19.8 Å². The summed E-state index contributed by atoms with van der Waals surface area (Å²) in [6, 6.07) is 3.02. The Labute approximate surface area is 124 Å². The van der Waals surface area contributed by atoms with Crippen molar-refractivity contribution in [1.82, 2.24) is 10.6 Å². The van der Waals surface area contributed by atoms with Crippen LogP contribution in [0.25, 0.3) is 0 Å². The second kappa shape index (κ2) is 7.68. The maximum Gasteiger partial charge on any atom is 0.326 e. The molecule has 1 aromatic heterocycles. The molecule has 1 heterocycles. The Kier molecular flexibility index (Phi) is 6.23. The molecule has 1 atom stereocenters. The lowest BCUT2D eigenvalue weighted by Crippen LogP contribution is -2.38. The van der Waals surface area contributed by atoms with E-state index in [-0.39, 0.29) is 18.2 Å². The monoisotopic (exact) mass is 346 g/mol. The lowest BCUT2D eigenvalue weighted by atomic mass is 10.3. The van der Waals surface area contributed by atoms with E-state index in [0.29, 0.717) is 11.2 Å². The molecule has 0 aliphatic carbocycles. The highest BCUT2D eigenvalue weighted by Gasteiger charge is 2.18. The molecular formula is C12H15BrN2O5. The Morgan fingerprint density at radius 3 is 2.60 bits per heavy atom. The van der Waals surface area contributed by atoms with Crippen LogP contribution in [0.3, 0.4) is 0 Å². The van der Waals surface area contributed by atoms with Crippen molar-refractivity contribution in [3.05, 3.63) is 22.6 Å². The second-order valence-corrected chi connectivity index (χ2v) is 4.59. The fourth-order valence-corrected chi connectivity index (χ4v) is 1.59. The smallest absolute Gasteiger partial charge is 0.326 e. The SMILES string of the molecule is CCNC(=O)[C@H](C)OC(=O)CNC(=O)c1ccc(Br)o1. The molecule has 0 radical (unpaired) electrons. The molecule has 1 rings (SSSR count). The lowest BCUT2D eigenvalue weighted by Gasteiger charge is -2.12. The maximum atomic E-state index is 11.6. The van der Waals surface area contributed by atoms with Crippen molar-refractivity contribution >= 4 is 33.7 Å². The first kappa shape index (κ1) is 16.2. The molecule has 2 N–H and O–H groups in total. The minimum atomic E-state index is -0.905. The van der Waals surface area contributed by atoms with Crippen molar-refractivity contribution in [3.63, 3.8) is 0 Å². The quantitative estimate of drug-likeness (QED) is 0.744. The van der Waals surface area contributed by atoms with Gasteiger partial charge in [-0.2, -0.15) is 0 Å². The Morgan fingerprint density at radius 2 is 2.05 bits per heavy atom. The number of esters is 1. The molecule has 20 heavy (non-hydrogen) atoms. The van der Waals surface area contributed by atoms with Gasteiger partial charge in [-0.1, -0.05) is 0 Å². The van der Waals surface area contributed by atoms with Gasteiger partial charge in [0.2, 0.25) is 0 Å². The van der Waals surface area contributed by atoms with Crippen molar-refractivity contribution in [3.8, 4) is 0 Å². The van der Waals surface area contributed by atoms with E-state index < -0.39 is 18.0 Å². The third-order valence-corrected chi connectivity index (χ3v) is 2.64. The minimum Gasteiger partial charge on any atom is -0.451 e. The zero-order valence-electron chi connectivity index (χ0n) is 11.1. The van der Waals surface area contributed by atoms with Crippen molar-refractivity contribution in [2.24, 2.45) is 0 Å². The van der Waals surface area contributed by atoms with E-state index in [1.54, 1.807) is 13.0 Å². The first-order valence-corrected chi connectivity index (χ1v) is 6.74. The van der Waals surface area contributed by atoms with Gasteiger partial charge in [-0.05, 0) is 41.9 Å². The van der Waals surface area contributed by atoms with Crippen molar-refractivity contribution in [2.45, 2.75) is 20.0 Å². The summed E-state index contributed by atoms with van der Waals surface area (Å²) in [6.07, 6.45) is -0.905. The van der Waals surface area contributed by atoms with E-state index in [4.69, 9.17) is 9.15 Å².